The number of nitrogens with zero attached hydrogens (tertiary/aromatic N) is 3. The molecular formula is C17H20FN3O3S2. The molecule has 1 aromatic carbocycles. The van der Waals surface area contributed by atoms with Crippen LogP contribution in [-0.4, -0.2) is 47.2 Å². The highest BCUT2D eigenvalue weighted by atomic mass is 32.2. The van der Waals surface area contributed by atoms with E-state index in [1.165, 1.54) is 12.1 Å². The summed E-state index contributed by atoms with van der Waals surface area (Å²) in [6.45, 7) is 2.75. The fraction of sp³-hybridized carbons (Fsp3) is 0.471. The van der Waals surface area contributed by atoms with Crippen molar-refractivity contribution >= 4 is 27.3 Å². The first kappa shape index (κ1) is 18.9. The number of benzene rings is 1. The summed E-state index contributed by atoms with van der Waals surface area (Å²) in [4.78, 5) is 15.0. The van der Waals surface area contributed by atoms with Crippen LogP contribution in [0.1, 0.15) is 41.6 Å². The van der Waals surface area contributed by atoms with Crippen LogP contribution >= 0.6 is 11.5 Å². The van der Waals surface area contributed by atoms with Crippen molar-refractivity contribution in [3.8, 4) is 0 Å². The maximum atomic E-state index is 13.0. The first-order valence-corrected chi connectivity index (χ1v) is 10.9. The number of hydrogen-bond acceptors (Lipinski definition) is 6. The fourth-order valence-corrected chi connectivity index (χ4v) is 5.51. The molecule has 2 heterocycles. The normalized spacial score (nSPS) is 16.0. The van der Waals surface area contributed by atoms with Gasteiger partial charge >= 0.3 is 0 Å². The third-order valence-electron chi connectivity index (χ3n) is 4.55. The van der Waals surface area contributed by atoms with Gasteiger partial charge in [-0.3, -0.25) is 4.79 Å². The Bertz CT molecular complexity index is 873. The smallest absolute Gasteiger partial charge is 0.267 e. The summed E-state index contributed by atoms with van der Waals surface area (Å²) in [6, 6.07) is 4.89. The van der Waals surface area contributed by atoms with Crippen molar-refractivity contribution in [3.63, 3.8) is 0 Å². The van der Waals surface area contributed by atoms with E-state index in [2.05, 4.69) is 9.59 Å². The summed E-state index contributed by atoms with van der Waals surface area (Å²) < 4.78 is 42.3. The molecule has 1 saturated heterocycles. The molecule has 0 radical (unpaired) electrons. The molecule has 2 aromatic rings. The molecule has 0 spiro atoms. The Balaban J connectivity index is 1.68. The molecule has 0 aliphatic carbocycles. The standard InChI is InChI=1S/C17H20FN3O3S2/c1-2-3-15-16(25-20-19-15)17(22)21-10-8-14(9-11-21)26(23,24)13-6-4-12(18)5-7-13/h4-7,14H,2-3,8-11H2,1H3. The number of hydrogen-bond donors (Lipinski definition) is 0. The molecule has 140 valence electrons. The third-order valence-corrected chi connectivity index (χ3v) is 7.58. The van der Waals surface area contributed by atoms with E-state index >= 15 is 0 Å². The van der Waals surface area contributed by atoms with Gasteiger partial charge in [0.15, 0.2) is 9.84 Å². The zero-order chi connectivity index (χ0) is 18.7. The van der Waals surface area contributed by atoms with E-state index in [1.807, 2.05) is 6.92 Å². The number of halogens is 1. The van der Waals surface area contributed by atoms with E-state index in [1.54, 1.807) is 4.90 Å². The lowest BCUT2D eigenvalue weighted by molar-refractivity contribution is 0.0729. The van der Waals surface area contributed by atoms with E-state index < -0.39 is 20.9 Å². The Morgan fingerprint density at radius 2 is 1.92 bits per heavy atom. The summed E-state index contributed by atoms with van der Waals surface area (Å²) in [6.07, 6.45) is 2.30. The first-order chi connectivity index (χ1) is 12.4. The van der Waals surface area contributed by atoms with Crippen LogP contribution in [0, 0.1) is 5.82 Å². The number of sulfone groups is 1. The van der Waals surface area contributed by atoms with Crippen molar-refractivity contribution in [1.29, 1.82) is 0 Å². The minimum absolute atomic E-state index is 0.124. The van der Waals surface area contributed by atoms with E-state index in [0.29, 0.717) is 42.9 Å². The number of likely N-dealkylation sites (tertiary alicyclic amines) is 1. The Morgan fingerprint density at radius 3 is 2.54 bits per heavy atom. The summed E-state index contributed by atoms with van der Waals surface area (Å²) in [5.74, 6) is -0.591. The number of rotatable bonds is 5. The average molecular weight is 397 g/mol. The molecule has 0 bridgehead atoms. The highest BCUT2D eigenvalue weighted by Gasteiger charge is 2.34. The molecule has 1 amide bonds. The molecule has 3 rings (SSSR count). The quantitative estimate of drug-likeness (QED) is 0.725. The lowest BCUT2D eigenvalue weighted by atomic mass is 10.1. The number of carbonyl (C=O) groups excluding carboxylic acids is 1. The second kappa shape index (κ2) is 7.79. The van der Waals surface area contributed by atoms with Gasteiger partial charge in [-0.2, -0.15) is 0 Å². The zero-order valence-corrected chi connectivity index (χ0v) is 16.0. The van der Waals surface area contributed by atoms with Crippen LogP contribution < -0.4 is 0 Å². The lowest BCUT2D eigenvalue weighted by Gasteiger charge is -2.31. The predicted molar refractivity (Wildman–Crippen MR) is 96.4 cm³/mol. The van der Waals surface area contributed by atoms with Crippen molar-refractivity contribution in [1.82, 2.24) is 14.5 Å². The SMILES string of the molecule is CCCc1nnsc1C(=O)N1CCC(S(=O)(=O)c2ccc(F)cc2)CC1. The highest BCUT2D eigenvalue weighted by Crippen LogP contribution is 2.26. The third kappa shape index (κ3) is 3.78. The van der Waals surface area contributed by atoms with E-state index in [4.69, 9.17) is 0 Å². The van der Waals surface area contributed by atoms with E-state index in [-0.39, 0.29) is 10.8 Å². The van der Waals surface area contributed by atoms with Crippen LogP contribution in [0.3, 0.4) is 0 Å². The summed E-state index contributed by atoms with van der Waals surface area (Å²) in [5, 5.41) is 3.45. The molecular weight excluding hydrogens is 377 g/mol. The monoisotopic (exact) mass is 397 g/mol. The van der Waals surface area contributed by atoms with E-state index in [9.17, 15) is 17.6 Å². The lowest BCUT2D eigenvalue weighted by Crippen LogP contribution is -2.42. The minimum Gasteiger partial charge on any atom is -0.338 e. The Morgan fingerprint density at radius 1 is 1.27 bits per heavy atom. The fourth-order valence-electron chi connectivity index (χ4n) is 3.10. The minimum atomic E-state index is -3.53. The molecule has 26 heavy (non-hydrogen) atoms. The molecule has 1 aromatic heterocycles. The second-order valence-electron chi connectivity index (χ2n) is 6.29. The van der Waals surface area contributed by atoms with Crippen molar-refractivity contribution in [2.75, 3.05) is 13.1 Å². The van der Waals surface area contributed by atoms with Crippen molar-refractivity contribution in [2.24, 2.45) is 0 Å². The Hall–Kier alpha value is -1.87. The topological polar surface area (TPSA) is 80.2 Å². The van der Waals surface area contributed by atoms with Gasteiger partial charge in [0.1, 0.15) is 10.7 Å². The van der Waals surface area contributed by atoms with Crippen LogP contribution in [0.2, 0.25) is 0 Å². The number of amides is 1. The van der Waals surface area contributed by atoms with Gasteiger partial charge < -0.3 is 4.90 Å². The van der Waals surface area contributed by atoms with Gasteiger partial charge in [-0.25, -0.2) is 12.8 Å². The summed E-state index contributed by atoms with van der Waals surface area (Å²) >= 11 is 1.09. The van der Waals surface area contributed by atoms with Crippen molar-refractivity contribution in [2.45, 2.75) is 42.8 Å². The van der Waals surface area contributed by atoms with Crippen LogP contribution in [-0.2, 0) is 16.3 Å². The largest absolute Gasteiger partial charge is 0.338 e. The van der Waals surface area contributed by atoms with Gasteiger partial charge in [0, 0.05) is 13.1 Å². The molecule has 1 aliphatic rings. The van der Waals surface area contributed by atoms with Gasteiger partial charge in [0.2, 0.25) is 0 Å². The summed E-state index contributed by atoms with van der Waals surface area (Å²) in [5.41, 5.74) is 0.712. The molecule has 0 unspecified atom stereocenters. The number of piperidine rings is 1. The number of aryl methyl sites for hydroxylation is 1. The van der Waals surface area contributed by atoms with Crippen LogP contribution in [0.4, 0.5) is 4.39 Å². The van der Waals surface area contributed by atoms with Crippen LogP contribution in [0.25, 0.3) is 0 Å². The van der Waals surface area contributed by atoms with Crippen molar-refractivity contribution < 1.29 is 17.6 Å². The average Bonchev–Trinajstić information content (AvgIpc) is 3.10. The van der Waals surface area contributed by atoms with Crippen LogP contribution in [0.15, 0.2) is 29.2 Å². The summed E-state index contributed by atoms with van der Waals surface area (Å²) in [7, 11) is -3.53. The molecule has 0 N–H and O–H groups in total. The molecule has 1 aliphatic heterocycles. The molecule has 0 saturated carbocycles. The maximum Gasteiger partial charge on any atom is 0.267 e. The van der Waals surface area contributed by atoms with Crippen molar-refractivity contribution in [3.05, 3.63) is 40.7 Å². The molecule has 0 atom stereocenters. The molecule has 6 nitrogen and oxygen atoms in total. The molecule has 1 fully saturated rings. The van der Waals surface area contributed by atoms with Gasteiger partial charge in [0.25, 0.3) is 5.91 Å². The second-order valence-corrected chi connectivity index (χ2v) is 9.27. The Labute approximate surface area is 156 Å². The predicted octanol–water partition coefficient (Wildman–Crippen LogP) is 2.71. The highest BCUT2D eigenvalue weighted by molar-refractivity contribution is 7.92. The zero-order valence-electron chi connectivity index (χ0n) is 14.4. The maximum absolute atomic E-state index is 13.0. The Kier molecular flexibility index (Phi) is 5.67. The van der Waals surface area contributed by atoms with Crippen LogP contribution in [0.5, 0.6) is 0 Å². The van der Waals surface area contributed by atoms with Gasteiger partial charge in [-0.1, -0.05) is 17.8 Å². The first-order valence-electron chi connectivity index (χ1n) is 8.53. The van der Waals surface area contributed by atoms with Gasteiger partial charge in [-0.05, 0) is 55.1 Å². The number of carbonyl (C=O) groups is 1. The van der Waals surface area contributed by atoms with E-state index in [0.717, 1.165) is 30.1 Å². The van der Waals surface area contributed by atoms with Gasteiger partial charge in [-0.15, -0.1) is 5.10 Å². The molecule has 9 heteroatoms. The van der Waals surface area contributed by atoms with Gasteiger partial charge in [0.05, 0.1) is 15.8 Å². The number of aromatic nitrogens is 2.